The van der Waals surface area contributed by atoms with Gasteiger partial charge in [-0.1, -0.05) is 72.8 Å². The van der Waals surface area contributed by atoms with E-state index in [0.29, 0.717) is 22.7 Å². The van der Waals surface area contributed by atoms with Crippen molar-refractivity contribution in [2.24, 2.45) is 0 Å². The molecule has 6 nitrogen and oxygen atoms in total. The summed E-state index contributed by atoms with van der Waals surface area (Å²) < 4.78 is 0. The van der Waals surface area contributed by atoms with Gasteiger partial charge < -0.3 is 10.6 Å². The van der Waals surface area contributed by atoms with Crippen molar-refractivity contribution in [3.63, 3.8) is 0 Å². The van der Waals surface area contributed by atoms with Crippen LogP contribution >= 0.6 is 23.4 Å². The average molecular weight is 480 g/mol. The SMILES string of the molecule is CCC1(c2ccccc2)NC(=O)N(CC(=O)Nc2ccccc2Sc2ccc(Cl)cc2)C1=O. The van der Waals surface area contributed by atoms with Gasteiger partial charge in [0.25, 0.3) is 5.91 Å². The molecule has 8 heteroatoms. The number of imide groups is 1. The average Bonchev–Trinajstić information content (AvgIpc) is 3.07. The zero-order chi connectivity index (χ0) is 23.4. The third kappa shape index (κ3) is 4.74. The van der Waals surface area contributed by atoms with E-state index in [0.717, 1.165) is 14.7 Å². The second kappa shape index (κ2) is 9.68. The molecule has 4 rings (SSSR count). The monoisotopic (exact) mass is 479 g/mol. The third-order valence-electron chi connectivity index (χ3n) is 5.48. The Hall–Kier alpha value is -3.29. The number of nitrogens with zero attached hydrogens (tertiary/aromatic N) is 1. The van der Waals surface area contributed by atoms with Crippen LogP contribution in [-0.4, -0.2) is 29.3 Å². The van der Waals surface area contributed by atoms with Crippen LogP contribution in [0.2, 0.25) is 5.02 Å². The summed E-state index contributed by atoms with van der Waals surface area (Å²) >= 11 is 7.43. The molecule has 0 aliphatic carbocycles. The molecule has 1 aliphatic rings. The van der Waals surface area contributed by atoms with Crippen LogP contribution in [0.3, 0.4) is 0 Å². The second-order valence-corrected chi connectivity index (χ2v) is 9.10. The van der Waals surface area contributed by atoms with Gasteiger partial charge >= 0.3 is 6.03 Å². The molecule has 1 heterocycles. The summed E-state index contributed by atoms with van der Waals surface area (Å²) in [6, 6.07) is 23.3. The number of halogens is 1. The predicted molar refractivity (Wildman–Crippen MR) is 129 cm³/mol. The normalized spacial score (nSPS) is 17.7. The van der Waals surface area contributed by atoms with Gasteiger partial charge in [-0.3, -0.25) is 14.5 Å². The van der Waals surface area contributed by atoms with E-state index in [9.17, 15) is 14.4 Å². The smallest absolute Gasteiger partial charge is 0.323 e. The van der Waals surface area contributed by atoms with Crippen LogP contribution in [0.15, 0.2) is 88.7 Å². The third-order valence-corrected chi connectivity index (χ3v) is 6.81. The van der Waals surface area contributed by atoms with Crippen LogP contribution in [-0.2, 0) is 15.1 Å². The van der Waals surface area contributed by atoms with Gasteiger partial charge in [0.05, 0.1) is 5.69 Å². The molecule has 1 unspecified atom stereocenters. The first kappa shape index (κ1) is 22.9. The fourth-order valence-electron chi connectivity index (χ4n) is 3.75. The minimum atomic E-state index is -1.17. The lowest BCUT2D eigenvalue weighted by Crippen LogP contribution is -2.44. The Morgan fingerprint density at radius 1 is 1.00 bits per heavy atom. The molecule has 0 radical (unpaired) electrons. The molecule has 1 saturated heterocycles. The maximum absolute atomic E-state index is 13.2. The van der Waals surface area contributed by atoms with Gasteiger partial charge in [0.1, 0.15) is 12.1 Å². The number of amides is 4. The Morgan fingerprint density at radius 3 is 2.36 bits per heavy atom. The maximum atomic E-state index is 13.2. The van der Waals surface area contributed by atoms with Gasteiger partial charge in [-0.15, -0.1) is 0 Å². The number of urea groups is 1. The van der Waals surface area contributed by atoms with Crippen LogP contribution in [0.1, 0.15) is 18.9 Å². The molecular formula is C25H22ClN3O3S. The van der Waals surface area contributed by atoms with Crippen LogP contribution in [0, 0.1) is 0 Å². The highest BCUT2D eigenvalue weighted by Crippen LogP contribution is 2.35. The van der Waals surface area contributed by atoms with E-state index in [2.05, 4.69) is 10.6 Å². The first-order valence-electron chi connectivity index (χ1n) is 10.4. The van der Waals surface area contributed by atoms with Crippen molar-refractivity contribution in [1.29, 1.82) is 0 Å². The Morgan fingerprint density at radius 2 is 1.67 bits per heavy atom. The zero-order valence-electron chi connectivity index (χ0n) is 17.9. The molecule has 3 aromatic rings. The molecule has 0 aromatic heterocycles. The fourth-order valence-corrected chi connectivity index (χ4v) is 4.78. The van der Waals surface area contributed by atoms with E-state index in [-0.39, 0.29) is 6.54 Å². The Balaban J connectivity index is 1.49. The van der Waals surface area contributed by atoms with Gasteiger partial charge in [-0.2, -0.15) is 0 Å². The topological polar surface area (TPSA) is 78.5 Å². The van der Waals surface area contributed by atoms with Crippen LogP contribution < -0.4 is 10.6 Å². The van der Waals surface area contributed by atoms with Gasteiger partial charge in [0.15, 0.2) is 0 Å². The van der Waals surface area contributed by atoms with Crippen molar-refractivity contribution in [3.05, 3.63) is 89.4 Å². The van der Waals surface area contributed by atoms with E-state index in [1.165, 1.54) is 11.8 Å². The quantitative estimate of drug-likeness (QED) is 0.451. The first-order chi connectivity index (χ1) is 15.9. The van der Waals surface area contributed by atoms with Crippen molar-refractivity contribution >= 4 is 46.9 Å². The van der Waals surface area contributed by atoms with Crippen LogP contribution in [0.25, 0.3) is 0 Å². The summed E-state index contributed by atoms with van der Waals surface area (Å²) in [7, 11) is 0. The molecule has 3 aromatic carbocycles. The van der Waals surface area contributed by atoms with Gasteiger partial charge in [-0.25, -0.2) is 4.79 Å². The van der Waals surface area contributed by atoms with Crippen molar-refractivity contribution in [3.8, 4) is 0 Å². The number of para-hydroxylation sites is 1. The number of benzene rings is 3. The molecule has 0 saturated carbocycles. The summed E-state index contributed by atoms with van der Waals surface area (Å²) in [5.74, 6) is -0.886. The second-order valence-electron chi connectivity index (χ2n) is 7.55. The number of carbonyl (C=O) groups is 3. The molecule has 1 atom stereocenters. The highest BCUT2D eigenvalue weighted by Gasteiger charge is 2.51. The van der Waals surface area contributed by atoms with E-state index in [1.807, 2.05) is 55.5 Å². The summed E-state index contributed by atoms with van der Waals surface area (Å²) in [4.78, 5) is 41.5. The van der Waals surface area contributed by atoms with Gasteiger partial charge in [-0.05, 0) is 48.4 Å². The molecule has 0 spiro atoms. The number of nitrogens with one attached hydrogen (secondary N) is 2. The van der Waals surface area contributed by atoms with Crippen molar-refractivity contribution in [2.45, 2.75) is 28.7 Å². The molecule has 0 bridgehead atoms. The molecule has 2 N–H and O–H groups in total. The summed E-state index contributed by atoms with van der Waals surface area (Å²) in [6.45, 7) is 1.46. The molecule has 168 valence electrons. The lowest BCUT2D eigenvalue weighted by molar-refractivity contribution is -0.134. The predicted octanol–water partition coefficient (Wildman–Crippen LogP) is 5.29. The Bertz CT molecular complexity index is 1190. The minimum absolute atomic E-state index is 0.375. The largest absolute Gasteiger partial charge is 0.325 e. The van der Waals surface area contributed by atoms with E-state index >= 15 is 0 Å². The van der Waals surface area contributed by atoms with Crippen LogP contribution in [0.5, 0.6) is 0 Å². The summed E-state index contributed by atoms with van der Waals surface area (Å²) in [5.41, 5.74) is 0.124. The lowest BCUT2D eigenvalue weighted by Gasteiger charge is -2.25. The van der Waals surface area contributed by atoms with Crippen molar-refractivity contribution in [2.75, 3.05) is 11.9 Å². The number of hydrogen-bond acceptors (Lipinski definition) is 4. The number of hydrogen-bond donors (Lipinski definition) is 2. The fraction of sp³-hybridized carbons (Fsp3) is 0.160. The van der Waals surface area contributed by atoms with Crippen LogP contribution in [0.4, 0.5) is 10.5 Å². The lowest BCUT2D eigenvalue weighted by atomic mass is 9.87. The molecular weight excluding hydrogens is 458 g/mol. The summed E-state index contributed by atoms with van der Waals surface area (Å²) in [6.07, 6.45) is 0.375. The standard InChI is InChI=1S/C25H22ClN3O3S/c1-2-25(17-8-4-3-5-9-17)23(31)29(24(32)28-25)16-22(30)27-20-10-6-7-11-21(20)33-19-14-12-18(26)13-15-19/h3-15H,2,16H2,1H3,(H,27,30)(H,28,32). The van der Waals surface area contributed by atoms with Gasteiger partial charge in [0, 0.05) is 14.8 Å². The first-order valence-corrected chi connectivity index (χ1v) is 11.6. The van der Waals surface area contributed by atoms with Crippen molar-refractivity contribution in [1.82, 2.24) is 10.2 Å². The Kier molecular flexibility index (Phi) is 6.72. The number of carbonyl (C=O) groups excluding carboxylic acids is 3. The number of rotatable bonds is 7. The molecule has 33 heavy (non-hydrogen) atoms. The minimum Gasteiger partial charge on any atom is -0.323 e. The summed E-state index contributed by atoms with van der Waals surface area (Å²) in [5, 5.41) is 6.28. The number of anilines is 1. The highest BCUT2D eigenvalue weighted by molar-refractivity contribution is 7.99. The zero-order valence-corrected chi connectivity index (χ0v) is 19.5. The maximum Gasteiger partial charge on any atom is 0.325 e. The molecule has 1 fully saturated rings. The highest BCUT2D eigenvalue weighted by atomic mass is 35.5. The van der Waals surface area contributed by atoms with E-state index < -0.39 is 23.4 Å². The van der Waals surface area contributed by atoms with Gasteiger partial charge in [0.2, 0.25) is 5.91 Å². The molecule has 1 aliphatic heterocycles. The molecule has 4 amide bonds. The van der Waals surface area contributed by atoms with Crippen molar-refractivity contribution < 1.29 is 14.4 Å². The Labute approximate surface area is 201 Å². The van der Waals surface area contributed by atoms with E-state index in [1.54, 1.807) is 30.3 Å². The van der Waals surface area contributed by atoms with E-state index in [4.69, 9.17) is 11.6 Å².